The van der Waals surface area contributed by atoms with Crippen molar-refractivity contribution in [2.75, 3.05) is 0 Å². The van der Waals surface area contributed by atoms with E-state index in [1.807, 2.05) is 0 Å². The third kappa shape index (κ3) is 2.08. The molecule has 0 aliphatic heterocycles. The lowest BCUT2D eigenvalue weighted by molar-refractivity contribution is 0.196. The highest BCUT2D eigenvalue weighted by atomic mass is 32.1. The summed E-state index contributed by atoms with van der Waals surface area (Å²) < 4.78 is 12.3. The van der Waals surface area contributed by atoms with Crippen molar-refractivity contribution in [3.8, 4) is 0 Å². The Hall–Kier alpha value is -0.410. The molecule has 3 heteroatoms. The predicted molar refractivity (Wildman–Crippen MR) is 39.7 cm³/mol. The fraction of sp³-hybridized carbons (Fsp3) is 0.429. The molecule has 0 aromatic carbocycles. The molecule has 1 nitrogen and oxygen atoms in total. The van der Waals surface area contributed by atoms with Crippen molar-refractivity contribution in [1.82, 2.24) is 0 Å². The van der Waals surface area contributed by atoms with Crippen molar-refractivity contribution in [3.63, 3.8) is 0 Å². The van der Waals surface area contributed by atoms with Gasteiger partial charge >= 0.3 is 0 Å². The van der Waals surface area contributed by atoms with Crippen LogP contribution in [0, 0.1) is 5.82 Å². The number of aliphatic hydroxyl groups excluding tert-OH is 1. The first kappa shape index (κ1) is 7.69. The fourth-order valence-electron chi connectivity index (χ4n) is 0.752. The Morgan fingerprint density at radius 1 is 1.80 bits per heavy atom. The molecule has 0 aliphatic rings. The highest BCUT2D eigenvalue weighted by molar-refractivity contribution is 7.09. The molecular weight excluding hydrogens is 151 g/mol. The quantitative estimate of drug-likeness (QED) is 0.699. The summed E-state index contributed by atoms with van der Waals surface area (Å²) in [6.07, 6.45) is 0.173. The summed E-state index contributed by atoms with van der Waals surface area (Å²) in [4.78, 5) is 0.896. The van der Waals surface area contributed by atoms with Crippen molar-refractivity contribution in [1.29, 1.82) is 0 Å². The van der Waals surface area contributed by atoms with Gasteiger partial charge in [0, 0.05) is 16.7 Å². The molecule has 1 unspecified atom stereocenters. The van der Waals surface area contributed by atoms with Crippen molar-refractivity contribution >= 4 is 11.3 Å². The molecule has 1 aromatic heterocycles. The van der Waals surface area contributed by atoms with Gasteiger partial charge in [-0.3, -0.25) is 0 Å². The third-order valence-electron chi connectivity index (χ3n) is 1.12. The third-order valence-corrected chi connectivity index (χ3v) is 2.05. The van der Waals surface area contributed by atoms with Crippen LogP contribution in [0.25, 0.3) is 0 Å². The first-order valence-electron chi connectivity index (χ1n) is 3.09. The van der Waals surface area contributed by atoms with Crippen LogP contribution < -0.4 is 0 Å². The molecule has 0 saturated carbocycles. The molecule has 1 aromatic rings. The highest BCUT2D eigenvalue weighted by Crippen LogP contribution is 2.14. The Balaban J connectivity index is 2.58. The number of thiophene rings is 1. The summed E-state index contributed by atoms with van der Waals surface area (Å²) in [5, 5.41) is 10.3. The molecule has 1 atom stereocenters. The first-order chi connectivity index (χ1) is 4.68. The molecule has 0 bridgehead atoms. The van der Waals surface area contributed by atoms with Crippen LogP contribution in [0.5, 0.6) is 0 Å². The zero-order valence-corrected chi connectivity index (χ0v) is 6.49. The van der Waals surface area contributed by atoms with Gasteiger partial charge in [-0.25, -0.2) is 4.39 Å². The normalized spacial score (nSPS) is 13.5. The van der Waals surface area contributed by atoms with Crippen LogP contribution in [0.4, 0.5) is 4.39 Å². The first-order valence-corrected chi connectivity index (χ1v) is 3.97. The number of rotatable bonds is 2. The molecule has 0 radical (unpaired) electrons. The number of halogens is 1. The van der Waals surface area contributed by atoms with Gasteiger partial charge in [-0.1, -0.05) is 0 Å². The van der Waals surface area contributed by atoms with Crippen LogP contribution in [-0.2, 0) is 6.42 Å². The van der Waals surface area contributed by atoms with Gasteiger partial charge in [0.1, 0.15) is 5.82 Å². The van der Waals surface area contributed by atoms with Crippen LogP contribution in [0.1, 0.15) is 11.8 Å². The van der Waals surface area contributed by atoms with Gasteiger partial charge in [0.05, 0.1) is 6.10 Å². The van der Waals surface area contributed by atoms with Gasteiger partial charge in [0.15, 0.2) is 0 Å². The SMILES string of the molecule is CC(O)Cc1cc(F)cs1. The minimum absolute atomic E-state index is 0.208. The summed E-state index contributed by atoms with van der Waals surface area (Å²) in [6, 6.07) is 1.46. The Bertz CT molecular complexity index is 207. The Labute approximate surface area is 63.1 Å². The molecule has 0 amide bonds. The van der Waals surface area contributed by atoms with Gasteiger partial charge in [-0.05, 0) is 13.0 Å². The second-order valence-corrected chi connectivity index (χ2v) is 3.28. The maximum absolute atomic E-state index is 12.3. The molecule has 1 heterocycles. The largest absolute Gasteiger partial charge is 0.393 e. The maximum Gasteiger partial charge on any atom is 0.134 e. The Morgan fingerprint density at radius 3 is 2.90 bits per heavy atom. The molecule has 10 heavy (non-hydrogen) atoms. The lowest BCUT2D eigenvalue weighted by Crippen LogP contribution is -2.01. The van der Waals surface area contributed by atoms with E-state index in [2.05, 4.69) is 0 Å². The minimum Gasteiger partial charge on any atom is -0.393 e. The standard InChI is InChI=1S/C7H9FOS/c1-5(9)2-7-3-6(8)4-10-7/h3-5,9H,2H2,1H3. The smallest absolute Gasteiger partial charge is 0.134 e. The lowest BCUT2D eigenvalue weighted by atomic mass is 10.2. The average Bonchev–Trinajstić information content (AvgIpc) is 2.13. The minimum atomic E-state index is -0.377. The van der Waals surface area contributed by atoms with Crippen molar-refractivity contribution in [2.45, 2.75) is 19.4 Å². The van der Waals surface area contributed by atoms with E-state index >= 15 is 0 Å². The van der Waals surface area contributed by atoms with Crippen molar-refractivity contribution in [3.05, 3.63) is 22.1 Å². The monoisotopic (exact) mass is 160 g/mol. The predicted octanol–water partition coefficient (Wildman–Crippen LogP) is 1.81. The molecule has 0 fully saturated rings. The zero-order chi connectivity index (χ0) is 7.56. The van der Waals surface area contributed by atoms with E-state index in [9.17, 15) is 4.39 Å². The summed E-state index contributed by atoms with van der Waals surface area (Å²) in [5.41, 5.74) is 0. The van der Waals surface area contributed by atoms with E-state index in [1.165, 1.54) is 22.8 Å². The fourth-order valence-corrected chi connectivity index (χ4v) is 1.60. The Morgan fingerprint density at radius 2 is 2.50 bits per heavy atom. The highest BCUT2D eigenvalue weighted by Gasteiger charge is 2.01. The van der Waals surface area contributed by atoms with Crippen molar-refractivity contribution < 1.29 is 9.50 Å². The number of hydrogen-bond acceptors (Lipinski definition) is 2. The molecule has 0 saturated heterocycles. The second-order valence-electron chi connectivity index (χ2n) is 2.28. The van der Waals surface area contributed by atoms with E-state index in [4.69, 9.17) is 5.11 Å². The van der Waals surface area contributed by atoms with E-state index in [-0.39, 0.29) is 11.9 Å². The molecule has 0 aliphatic carbocycles. The van der Waals surface area contributed by atoms with E-state index in [1.54, 1.807) is 6.92 Å². The summed E-state index contributed by atoms with van der Waals surface area (Å²) in [7, 11) is 0. The van der Waals surface area contributed by atoms with Gasteiger partial charge in [-0.2, -0.15) is 0 Å². The summed E-state index contributed by atoms with van der Waals surface area (Å²) in [6.45, 7) is 1.69. The van der Waals surface area contributed by atoms with Gasteiger partial charge in [0.25, 0.3) is 0 Å². The molecule has 1 N–H and O–H groups in total. The van der Waals surface area contributed by atoms with Crippen LogP contribution in [0.15, 0.2) is 11.4 Å². The van der Waals surface area contributed by atoms with E-state index in [0.717, 1.165) is 4.88 Å². The van der Waals surface area contributed by atoms with E-state index in [0.29, 0.717) is 6.42 Å². The molecule has 0 spiro atoms. The van der Waals surface area contributed by atoms with Crippen LogP contribution >= 0.6 is 11.3 Å². The van der Waals surface area contributed by atoms with Gasteiger partial charge in [-0.15, -0.1) is 11.3 Å². The van der Waals surface area contributed by atoms with Crippen LogP contribution in [-0.4, -0.2) is 11.2 Å². The van der Waals surface area contributed by atoms with E-state index < -0.39 is 0 Å². The second kappa shape index (κ2) is 3.12. The van der Waals surface area contributed by atoms with Crippen molar-refractivity contribution in [2.24, 2.45) is 0 Å². The Kier molecular flexibility index (Phi) is 2.40. The van der Waals surface area contributed by atoms with Crippen LogP contribution in [0.3, 0.4) is 0 Å². The number of hydrogen-bond donors (Lipinski definition) is 1. The van der Waals surface area contributed by atoms with Gasteiger partial charge in [0.2, 0.25) is 0 Å². The zero-order valence-electron chi connectivity index (χ0n) is 5.67. The van der Waals surface area contributed by atoms with Gasteiger partial charge < -0.3 is 5.11 Å². The summed E-state index contributed by atoms with van der Waals surface area (Å²) in [5.74, 6) is -0.208. The average molecular weight is 160 g/mol. The molecule has 56 valence electrons. The van der Waals surface area contributed by atoms with Crippen LogP contribution in [0.2, 0.25) is 0 Å². The number of aliphatic hydroxyl groups is 1. The maximum atomic E-state index is 12.3. The topological polar surface area (TPSA) is 20.2 Å². The lowest BCUT2D eigenvalue weighted by Gasteiger charge is -1.98. The molecule has 1 rings (SSSR count). The molecular formula is C7H9FOS. The summed E-state index contributed by atoms with van der Waals surface area (Å²) >= 11 is 1.34.